The average molecular weight is 438 g/mol. The van der Waals surface area contributed by atoms with Crippen LogP contribution in [0.25, 0.3) is 11.6 Å². The second kappa shape index (κ2) is 8.67. The molecule has 0 spiro atoms. The van der Waals surface area contributed by atoms with Crippen molar-refractivity contribution in [1.29, 1.82) is 0 Å². The number of aromatic nitrogens is 1. The summed E-state index contributed by atoms with van der Waals surface area (Å²) >= 11 is 7.43. The van der Waals surface area contributed by atoms with Gasteiger partial charge in [0.25, 0.3) is 5.91 Å². The van der Waals surface area contributed by atoms with Crippen molar-refractivity contribution >= 4 is 46.3 Å². The number of carbonyl (C=O) groups is 1. The second-order valence-electron chi connectivity index (χ2n) is 5.97. The van der Waals surface area contributed by atoms with Gasteiger partial charge in [0.2, 0.25) is 0 Å². The number of hydrazine groups is 1. The van der Waals surface area contributed by atoms with Gasteiger partial charge in [-0.05, 0) is 29.2 Å². The molecule has 1 aromatic carbocycles. The maximum atomic E-state index is 12.9. The number of carbonyl (C=O) groups excluding carboxylic acids is 1. The first-order chi connectivity index (χ1) is 13.8. The van der Waals surface area contributed by atoms with Crippen molar-refractivity contribution in [2.45, 2.75) is 6.18 Å². The normalized spacial score (nSPS) is 12.0. The molecule has 0 bridgehead atoms. The Morgan fingerprint density at radius 3 is 2.52 bits per heavy atom. The highest BCUT2D eigenvalue weighted by Crippen LogP contribution is 2.33. The number of nitrogens with zero attached hydrogens (tertiary/aromatic N) is 2. The molecule has 0 aliphatic carbocycles. The quantitative estimate of drug-likeness (QED) is 0.422. The highest BCUT2D eigenvalue weighted by atomic mass is 35.5. The van der Waals surface area contributed by atoms with Gasteiger partial charge in [-0.25, -0.2) is 4.98 Å². The van der Waals surface area contributed by atoms with Crippen LogP contribution in [0.1, 0.15) is 16.0 Å². The number of pyridine rings is 1. The van der Waals surface area contributed by atoms with E-state index in [1.807, 2.05) is 35.7 Å². The van der Waals surface area contributed by atoms with Crippen molar-refractivity contribution in [2.75, 3.05) is 12.1 Å². The zero-order valence-corrected chi connectivity index (χ0v) is 16.6. The van der Waals surface area contributed by atoms with E-state index in [0.717, 1.165) is 10.9 Å². The molecule has 0 saturated carbocycles. The topological polar surface area (TPSA) is 45.2 Å². The monoisotopic (exact) mass is 437 g/mol. The van der Waals surface area contributed by atoms with Gasteiger partial charge in [-0.1, -0.05) is 48.0 Å². The number of rotatable bonds is 5. The standard InChI is InChI=1S/C20H15ClF3N3OS/c1-27(18-17(21)10-14(12-25-18)20(22,23)24)26-19(28)16(11-15-8-5-9-29-15)13-6-3-2-4-7-13/h2-12H,1H3,(H,26,28). The fourth-order valence-electron chi connectivity index (χ4n) is 2.51. The second-order valence-corrected chi connectivity index (χ2v) is 7.35. The Labute approximate surface area is 174 Å². The summed E-state index contributed by atoms with van der Waals surface area (Å²) < 4.78 is 38.4. The highest BCUT2D eigenvalue weighted by Gasteiger charge is 2.32. The fraction of sp³-hybridized carbons (Fsp3) is 0.100. The molecule has 0 unspecified atom stereocenters. The number of hydrogen-bond acceptors (Lipinski definition) is 4. The minimum atomic E-state index is -4.55. The Bertz CT molecular complexity index is 1020. The van der Waals surface area contributed by atoms with Crippen molar-refractivity contribution in [2.24, 2.45) is 0 Å². The molecule has 2 aromatic heterocycles. The number of anilines is 1. The summed E-state index contributed by atoms with van der Waals surface area (Å²) in [6, 6.07) is 13.6. The minimum Gasteiger partial charge on any atom is -0.270 e. The van der Waals surface area contributed by atoms with Crippen LogP contribution in [0.2, 0.25) is 5.02 Å². The van der Waals surface area contributed by atoms with Crippen molar-refractivity contribution in [3.63, 3.8) is 0 Å². The lowest BCUT2D eigenvalue weighted by molar-refractivity contribution is -0.137. The zero-order valence-electron chi connectivity index (χ0n) is 15.1. The first-order valence-corrected chi connectivity index (χ1v) is 9.59. The van der Waals surface area contributed by atoms with Gasteiger partial charge in [-0.3, -0.25) is 15.2 Å². The van der Waals surface area contributed by atoms with E-state index in [1.165, 1.54) is 23.4 Å². The Morgan fingerprint density at radius 1 is 1.21 bits per heavy atom. The molecule has 150 valence electrons. The third-order valence-corrected chi connectivity index (χ3v) is 4.99. The summed E-state index contributed by atoms with van der Waals surface area (Å²) in [5, 5.41) is 2.85. The predicted molar refractivity (Wildman–Crippen MR) is 109 cm³/mol. The average Bonchev–Trinajstić information content (AvgIpc) is 3.19. The van der Waals surface area contributed by atoms with E-state index in [1.54, 1.807) is 18.2 Å². The maximum absolute atomic E-state index is 12.9. The summed E-state index contributed by atoms with van der Waals surface area (Å²) in [6.07, 6.45) is -2.14. The van der Waals surface area contributed by atoms with Crippen LogP contribution >= 0.6 is 22.9 Å². The van der Waals surface area contributed by atoms with Gasteiger partial charge in [0, 0.05) is 23.7 Å². The Morgan fingerprint density at radius 2 is 1.93 bits per heavy atom. The zero-order chi connectivity index (χ0) is 21.0. The number of benzene rings is 1. The van der Waals surface area contributed by atoms with Gasteiger partial charge >= 0.3 is 6.18 Å². The molecule has 0 aliphatic rings. The van der Waals surface area contributed by atoms with Crippen LogP contribution in [0.15, 0.2) is 60.1 Å². The molecule has 2 heterocycles. The Hall–Kier alpha value is -2.84. The molecule has 1 amide bonds. The first-order valence-electron chi connectivity index (χ1n) is 8.34. The largest absolute Gasteiger partial charge is 0.417 e. The molecule has 0 aliphatic heterocycles. The summed E-state index contributed by atoms with van der Waals surface area (Å²) in [5.41, 5.74) is 2.73. The van der Waals surface area contributed by atoms with Gasteiger partial charge in [0.1, 0.15) is 0 Å². The minimum absolute atomic E-state index is 0.00319. The molecule has 9 heteroatoms. The number of amides is 1. The number of hydrogen-bond donors (Lipinski definition) is 1. The lowest BCUT2D eigenvalue weighted by atomic mass is 10.0. The van der Waals surface area contributed by atoms with E-state index in [-0.39, 0.29) is 10.8 Å². The molecule has 0 atom stereocenters. The van der Waals surface area contributed by atoms with Crippen molar-refractivity contribution < 1.29 is 18.0 Å². The molecular weight excluding hydrogens is 423 g/mol. The number of thiophene rings is 1. The fourth-order valence-corrected chi connectivity index (χ4v) is 3.46. The van der Waals surface area contributed by atoms with Crippen molar-refractivity contribution in [3.05, 3.63) is 81.1 Å². The third kappa shape index (κ3) is 5.16. The molecular formula is C20H15ClF3N3OS. The molecule has 3 rings (SSSR count). The van der Waals surface area contributed by atoms with Crippen LogP contribution in [0.4, 0.5) is 19.0 Å². The van der Waals surface area contributed by atoms with Crippen LogP contribution in [0, 0.1) is 0 Å². The molecule has 0 radical (unpaired) electrons. The number of halogens is 4. The van der Waals surface area contributed by atoms with E-state index in [9.17, 15) is 18.0 Å². The van der Waals surface area contributed by atoms with Crippen LogP contribution in [0.3, 0.4) is 0 Å². The van der Waals surface area contributed by atoms with Gasteiger partial charge < -0.3 is 0 Å². The van der Waals surface area contributed by atoms with Crippen LogP contribution in [-0.2, 0) is 11.0 Å². The summed E-state index contributed by atoms with van der Waals surface area (Å²) in [5.74, 6) is -0.457. The summed E-state index contributed by atoms with van der Waals surface area (Å²) in [7, 11) is 1.45. The smallest absolute Gasteiger partial charge is 0.270 e. The molecule has 0 fully saturated rings. The van der Waals surface area contributed by atoms with Gasteiger partial charge in [-0.2, -0.15) is 13.2 Å². The highest BCUT2D eigenvalue weighted by molar-refractivity contribution is 7.11. The lowest BCUT2D eigenvalue weighted by Gasteiger charge is -2.22. The van der Waals surface area contributed by atoms with E-state index in [0.29, 0.717) is 17.3 Å². The van der Waals surface area contributed by atoms with Crippen LogP contribution in [-0.4, -0.2) is 17.9 Å². The third-order valence-electron chi connectivity index (χ3n) is 3.90. The van der Waals surface area contributed by atoms with Crippen molar-refractivity contribution in [3.8, 4) is 0 Å². The Balaban J connectivity index is 1.86. The van der Waals surface area contributed by atoms with Crippen LogP contribution < -0.4 is 10.4 Å². The SMILES string of the molecule is CN(NC(=O)C(=Cc1cccs1)c1ccccc1)c1ncc(C(F)(F)F)cc1Cl. The maximum Gasteiger partial charge on any atom is 0.417 e. The van der Waals surface area contributed by atoms with E-state index in [2.05, 4.69) is 10.4 Å². The molecule has 4 nitrogen and oxygen atoms in total. The number of alkyl halides is 3. The van der Waals surface area contributed by atoms with Gasteiger partial charge in [-0.15, -0.1) is 11.3 Å². The van der Waals surface area contributed by atoms with Gasteiger partial charge in [0.15, 0.2) is 5.82 Å². The van der Waals surface area contributed by atoms with Gasteiger partial charge in [0.05, 0.1) is 10.6 Å². The first kappa shape index (κ1) is 20.9. The Kier molecular flexibility index (Phi) is 6.24. The predicted octanol–water partition coefficient (Wildman–Crippen LogP) is 5.52. The lowest BCUT2D eigenvalue weighted by Crippen LogP contribution is -2.40. The molecule has 3 aromatic rings. The van der Waals surface area contributed by atoms with E-state index < -0.39 is 17.6 Å². The van der Waals surface area contributed by atoms with E-state index >= 15 is 0 Å². The van der Waals surface area contributed by atoms with E-state index in [4.69, 9.17) is 11.6 Å². The summed E-state index contributed by atoms with van der Waals surface area (Å²) in [6.45, 7) is 0. The molecule has 0 saturated heterocycles. The van der Waals surface area contributed by atoms with Crippen molar-refractivity contribution in [1.82, 2.24) is 10.4 Å². The number of nitrogens with one attached hydrogen (secondary N) is 1. The molecule has 29 heavy (non-hydrogen) atoms. The summed E-state index contributed by atoms with van der Waals surface area (Å²) in [4.78, 5) is 17.6. The van der Waals surface area contributed by atoms with Crippen LogP contribution in [0.5, 0.6) is 0 Å². The molecule has 1 N–H and O–H groups in total.